The standard InChI is InChI=1S/C24H21F3N6O2.C13H15F3N4O.C11H8N2O2/c1-15-7-8-16(35-22-21-31-13-19(24(25,26)27)32(21)12-11-30-22)14-33(15)23(34)18-6-3-2-5-17(18)20-28-9-4-10-29-20;1-8-2-3-9(6-18-8)21-12-11-19-7-10(13(14,15)16)20(11)5-4-17-12;14-11(15)9-5-2-1-4-8(9)10-12-6-3-7-13-10/h2-6,9-13,15-16H,7-8,14H2,1H3;4-5,7-9,18H,2-3,6H2,1H3;1-7H,(H,14,15)/t15-,16-;8-,9-;/m11./s1. The van der Waals surface area contributed by atoms with Gasteiger partial charge in [-0.05, 0) is 63.8 Å². The number of aromatic nitrogens is 10. The van der Waals surface area contributed by atoms with E-state index in [0.29, 0.717) is 53.8 Å². The van der Waals surface area contributed by atoms with Crippen molar-refractivity contribution in [3.8, 4) is 34.5 Å². The first-order valence-corrected chi connectivity index (χ1v) is 22.2. The number of benzene rings is 2. The van der Waals surface area contributed by atoms with E-state index in [0.717, 1.165) is 34.0 Å². The van der Waals surface area contributed by atoms with Crippen LogP contribution in [0.5, 0.6) is 11.8 Å². The highest BCUT2D eigenvalue weighted by atomic mass is 19.4. The van der Waals surface area contributed by atoms with Gasteiger partial charge in [-0.2, -0.15) is 26.3 Å². The van der Waals surface area contributed by atoms with Crippen LogP contribution in [0.15, 0.2) is 123 Å². The molecule has 1 amide bonds. The molecular formula is C48H44F6N12O5. The highest BCUT2D eigenvalue weighted by Gasteiger charge is 2.37. The van der Waals surface area contributed by atoms with Gasteiger partial charge in [-0.3, -0.25) is 13.6 Å². The van der Waals surface area contributed by atoms with Gasteiger partial charge in [0.25, 0.3) is 17.7 Å². The van der Waals surface area contributed by atoms with Crippen LogP contribution in [-0.2, 0) is 12.4 Å². The van der Waals surface area contributed by atoms with Crippen molar-refractivity contribution in [1.29, 1.82) is 0 Å². The van der Waals surface area contributed by atoms with Gasteiger partial charge in [-0.25, -0.2) is 44.7 Å². The molecule has 17 nitrogen and oxygen atoms in total. The maximum Gasteiger partial charge on any atom is 0.433 e. The number of aromatic carboxylic acids is 1. The Morgan fingerprint density at radius 3 is 1.58 bits per heavy atom. The van der Waals surface area contributed by atoms with Gasteiger partial charge >= 0.3 is 18.3 Å². The summed E-state index contributed by atoms with van der Waals surface area (Å²) in [6.45, 7) is 4.94. The third-order valence-corrected chi connectivity index (χ3v) is 11.6. The fourth-order valence-corrected chi connectivity index (χ4v) is 7.98. The molecule has 71 heavy (non-hydrogen) atoms. The molecule has 2 aromatic carbocycles. The fraction of sp³-hybridized carbons (Fsp3) is 0.292. The molecule has 23 heteroatoms. The molecular weight excluding hydrogens is 939 g/mol. The van der Waals surface area contributed by atoms with Gasteiger partial charge in [0.05, 0.1) is 30.1 Å². The number of fused-ring (bicyclic) bond motifs is 2. The number of hydrogen-bond donors (Lipinski definition) is 2. The van der Waals surface area contributed by atoms with Crippen molar-refractivity contribution in [1.82, 2.24) is 58.9 Å². The zero-order valence-corrected chi connectivity index (χ0v) is 37.9. The molecule has 2 N–H and O–H groups in total. The Morgan fingerprint density at radius 1 is 0.606 bits per heavy atom. The predicted molar refractivity (Wildman–Crippen MR) is 243 cm³/mol. The van der Waals surface area contributed by atoms with E-state index in [1.165, 1.54) is 30.9 Å². The molecule has 2 aliphatic rings. The largest absolute Gasteiger partial charge is 0.478 e. The number of nitrogens with zero attached hydrogens (tertiary/aromatic N) is 11. The van der Waals surface area contributed by atoms with Gasteiger partial charge in [0, 0.05) is 79.3 Å². The average molecular weight is 983 g/mol. The number of hydrogen-bond acceptors (Lipinski definition) is 13. The summed E-state index contributed by atoms with van der Waals surface area (Å²) < 4.78 is 91.9. The first-order valence-electron chi connectivity index (χ1n) is 22.2. The Kier molecular flexibility index (Phi) is 14.8. The zero-order chi connectivity index (χ0) is 50.3. The number of carboxylic acid groups (broad SMARTS) is 1. The van der Waals surface area contributed by atoms with Crippen molar-refractivity contribution in [3.05, 3.63) is 145 Å². The highest BCUT2D eigenvalue weighted by molar-refractivity contribution is 6.00. The predicted octanol–water partition coefficient (Wildman–Crippen LogP) is 8.39. The average Bonchev–Trinajstić information content (AvgIpc) is 4.04. The van der Waals surface area contributed by atoms with Crippen molar-refractivity contribution in [3.63, 3.8) is 0 Å². The number of carbonyl (C=O) groups excluding carboxylic acids is 1. The molecule has 0 saturated carbocycles. The number of alkyl halides is 6. The van der Waals surface area contributed by atoms with Crippen molar-refractivity contribution in [2.45, 2.75) is 76.2 Å². The lowest BCUT2D eigenvalue weighted by molar-refractivity contribution is -0.142. The monoisotopic (exact) mass is 982 g/mol. The van der Waals surface area contributed by atoms with Crippen molar-refractivity contribution in [2.75, 3.05) is 13.1 Å². The number of rotatable bonds is 8. The second kappa shape index (κ2) is 21.3. The van der Waals surface area contributed by atoms with E-state index < -0.39 is 35.8 Å². The molecule has 368 valence electrons. The Morgan fingerprint density at radius 2 is 1.08 bits per heavy atom. The smallest absolute Gasteiger partial charge is 0.433 e. The van der Waals surface area contributed by atoms with Gasteiger partial charge in [0.2, 0.25) is 11.3 Å². The van der Waals surface area contributed by atoms with Gasteiger partial charge in [0.1, 0.15) is 23.6 Å². The molecule has 0 bridgehead atoms. The first-order chi connectivity index (χ1) is 34.1. The van der Waals surface area contributed by atoms with Crippen LogP contribution in [0.25, 0.3) is 34.1 Å². The van der Waals surface area contributed by atoms with Crippen molar-refractivity contribution < 1.29 is 50.5 Å². The molecule has 2 saturated heterocycles. The number of piperidine rings is 2. The van der Waals surface area contributed by atoms with Crippen molar-refractivity contribution in [2.24, 2.45) is 0 Å². The minimum Gasteiger partial charge on any atom is -0.478 e. The number of carboxylic acids is 1. The number of ether oxygens (including phenoxy) is 2. The van der Waals surface area contributed by atoms with E-state index in [1.807, 2.05) is 13.0 Å². The SMILES string of the molecule is C[C@@H]1CC[C@@H](Oc2nccn3c(C(F)(F)F)cnc23)CN1.C[C@@H]1CC[C@@H](Oc2nccn3c(C(F)(F)F)cnc23)CN1C(=O)c1ccccc1-c1ncccn1.O=C(O)c1ccccc1-c1ncccn1. The van der Waals surface area contributed by atoms with E-state index in [1.54, 1.807) is 78.2 Å². The molecule has 10 rings (SSSR count). The van der Waals surface area contributed by atoms with Crippen LogP contribution in [0.1, 0.15) is 71.6 Å². The normalized spacial score (nSPS) is 18.2. The van der Waals surface area contributed by atoms with Gasteiger partial charge in [-0.15, -0.1) is 0 Å². The van der Waals surface area contributed by atoms with E-state index in [-0.39, 0.29) is 53.2 Å². The molecule has 0 spiro atoms. The van der Waals surface area contributed by atoms with E-state index in [9.17, 15) is 35.9 Å². The highest BCUT2D eigenvalue weighted by Crippen LogP contribution is 2.34. The van der Waals surface area contributed by atoms with Crippen molar-refractivity contribution >= 4 is 23.2 Å². The van der Waals surface area contributed by atoms with Crippen LogP contribution in [0.2, 0.25) is 0 Å². The molecule has 8 heterocycles. The number of halogens is 6. The molecule has 0 radical (unpaired) electrons. The van der Waals surface area contributed by atoms with Gasteiger partial charge in [-0.1, -0.05) is 36.4 Å². The van der Waals surface area contributed by atoms with Crippen LogP contribution in [0.3, 0.4) is 0 Å². The van der Waals surface area contributed by atoms with Gasteiger partial charge < -0.3 is 24.8 Å². The van der Waals surface area contributed by atoms with Crippen LogP contribution in [-0.4, -0.2) is 108 Å². The summed E-state index contributed by atoms with van der Waals surface area (Å²) in [5, 5.41) is 12.2. The Balaban J connectivity index is 0.000000159. The number of imidazole rings is 2. The lowest BCUT2D eigenvalue weighted by Gasteiger charge is -2.38. The summed E-state index contributed by atoms with van der Waals surface area (Å²) >= 11 is 0. The maximum atomic E-state index is 13.6. The zero-order valence-electron chi connectivity index (χ0n) is 37.9. The number of carbonyl (C=O) groups is 2. The second-order valence-electron chi connectivity index (χ2n) is 16.4. The summed E-state index contributed by atoms with van der Waals surface area (Å²) in [4.78, 5) is 58.6. The number of amides is 1. The molecule has 2 fully saturated rings. The summed E-state index contributed by atoms with van der Waals surface area (Å²) in [5.41, 5.74) is 0.153. The molecule has 2 aliphatic heterocycles. The minimum absolute atomic E-state index is 0.00645. The summed E-state index contributed by atoms with van der Waals surface area (Å²) in [6.07, 6.45) is 6.39. The minimum atomic E-state index is -4.56. The van der Waals surface area contributed by atoms with E-state index in [4.69, 9.17) is 14.6 Å². The third-order valence-electron chi connectivity index (χ3n) is 11.6. The van der Waals surface area contributed by atoms with E-state index in [2.05, 4.69) is 52.1 Å². The first kappa shape index (κ1) is 49.3. The number of nitrogens with one attached hydrogen (secondary N) is 1. The fourth-order valence-electron chi connectivity index (χ4n) is 7.98. The summed E-state index contributed by atoms with van der Waals surface area (Å²) in [6, 6.07) is 17.6. The summed E-state index contributed by atoms with van der Waals surface area (Å²) in [5.74, 6) is -0.166. The Hall–Kier alpha value is -8.08. The Bertz CT molecular complexity index is 3090. The summed E-state index contributed by atoms with van der Waals surface area (Å²) in [7, 11) is 0. The van der Waals surface area contributed by atoms with Crippen LogP contribution >= 0.6 is 0 Å². The molecule has 0 aliphatic carbocycles. The molecule has 6 aromatic heterocycles. The molecule has 8 aromatic rings. The van der Waals surface area contributed by atoms with Crippen LogP contribution < -0.4 is 14.8 Å². The second-order valence-corrected chi connectivity index (χ2v) is 16.4. The van der Waals surface area contributed by atoms with Crippen LogP contribution in [0.4, 0.5) is 26.3 Å². The number of likely N-dealkylation sites (tertiary alicyclic amines) is 1. The van der Waals surface area contributed by atoms with Crippen LogP contribution in [0, 0.1) is 0 Å². The van der Waals surface area contributed by atoms with E-state index >= 15 is 0 Å². The molecule has 0 unspecified atom stereocenters. The topological polar surface area (TPSA) is 200 Å². The third kappa shape index (κ3) is 11.5. The lowest BCUT2D eigenvalue weighted by Crippen LogP contribution is -2.49. The molecule has 4 atom stereocenters. The quantitative estimate of drug-likeness (QED) is 0.138. The maximum absolute atomic E-state index is 13.6. The lowest BCUT2D eigenvalue weighted by atomic mass is 9.98. The Labute approximate surface area is 400 Å². The van der Waals surface area contributed by atoms with Gasteiger partial charge in [0.15, 0.2) is 11.6 Å².